The Morgan fingerprint density at radius 3 is 2.62 bits per heavy atom. The van der Waals surface area contributed by atoms with Crippen molar-refractivity contribution in [3.8, 4) is 0 Å². The van der Waals surface area contributed by atoms with Gasteiger partial charge in [0.1, 0.15) is 0 Å². The highest BCUT2D eigenvalue weighted by Gasteiger charge is 2.19. The minimum absolute atomic E-state index is 0.383. The van der Waals surface area contributed by atoms with Crippen molar-refractivity contribution in [2.75, 3.05) is 30.4 Å². The molecule has 1 fully saturated rings. The van der Waals surface area contributed by atoms with E-state index in [2.05, 4.69) is 10.2 Å². The summed E-state index contributed by atoms with van der Waals surface area (Å²) in [6.07, 6.45) is 2.29. The van der Waals surface area contributed by atoms with Crippen LogP contribution in [0.15, 0.2) is 18.2 Å². The molecule has 0 unspecified atom stereocenters. The van der Waals surface area contributed by atoms with E-state index in [1.807, 2.05) is 12.1 Å². The molecule has 0 spiro atoms. The van der Waals surface area contributed by atoms with Gasteiger partial charge < -0.3 is 15.3 Å². The molecule has 1 aromatic carbocycles. The molecule has 0 radical (unpaired) electrons. The van der Waals surface area contributed by atoms with Crippen LogP contribution in [0.1, 0.15) is 23.2 Å². The van der Waals surface area contributed by atoms with E-state index in [9.17, 15) is 9.90 Å². The average molecular weight is 220 g/mol. The van der Waals surface area contributed by atoms with Crippen LogP contribution in [0.3, 0.4) is 0 Å². The Morgan fingerprint density at radius 2 is 2.06 bits per heavy atom. The Labute approximate surface area is 94.9 Å². The molecule has 0 atom stereocenters. The van der Waals surface area contributed by atoms with Gasteiger partial charge in [0.15, 0.2) is 0 Å². The molecule has 0 amide bonds. The number of anilines is 2. The zero-order valence-electron chi connectivity index (χ0n) is 9.36. The van der Waals surface area contributed by atoms with Crippen LogP contribution in [-0.2, 0) is 0 Å². The molecule has 1 heterocycles. The normalized spacial score (nSPS) is 15.2. The molecule has 4 heteroatoms. The first-order valence-corrected chi connectivity index (χ1v) is 5.52. The smallest absolute Gasteiger partial charge is 0.337 e. The molecule has 1 aromatic rings. The van der Waals surface area contributed by atoms with Crippen LogP contribution in [0.5, 0.6) is 0 Å². The third-order valence-electron chi connectivity index (χ3n) is 2.96. The Morgan fingerprint density at radius 1 is 1.38 bits per heavy atom. The predicted octanol–water partition coefficient (Wildman–Crippen LogP) is 2.03. The van der Waals surface area contributed by atoms with Gasteiger partial charge in [0.05, 0.1) is 11.3 Å². The van der Waals surface area contributed by atoms with Crippen LogP contribution >= 0.6 is 0 Å². The SMILES string of the molecule is CNc1ccc(N2CCCC2)c(C(=O)O)c1. The Balaban J connectivity index is 2.39. The summed E-state index contributed by atoms with van der Waals surface area (Å²) in [5, 5.41) is 12.1. The lowest BCUT2D eigenvalue weighted by molar-refractivity contribution is 0.0697. The highest BCUT2D eigenvalue weighted by Crippen LogP contribution is 2.27. The highest BCUT2D eigenvalue weighted by atomic mass is 16.4. The quantitative estimate of drug-likeness (QED) is 0.818. The summed E-state index contributed by atoms with van der Waals surface area (Å²) >= 11 is 0. The molecule has 1 aliphatic rings. The predicted molar refractivity (Wildman–Crippen MR) is 64.4 cm³/mol. The molecule has 4 nitrogen and oxygen atoms in total. The largest absolute Gasteiger partial charge is 0.478 e. The third kappa shape index (κ3) is 1.96. The van der Waals surface area contributed by atoms with E-state index in [0.717, 1.165) is 37.3 Å². The number of carboxylic acids is 1. The van der Waals surface area contributed by atoms with Crippen LogP contribution in [0.25, 0.3) is 0 Å². The van der Waals surface area contributed by atoms with Crippen molar-refractivity contribution < 1.29 is 9.90 Å². The molecule has 2 N–H and O–H groups in total. The van der Waals surface area contributed by atoms with Crippen molar-refractivity contribution >= 4 is 17.3 Å². The van der Waals surface area contributed by atoms with Crippen LogP contribution in [0.4, 0.5) is 11.4 Å². The van der Waals surface area contributed by atoms with Gasteiger partial charge in [-0.2, -0.15) is 0 Å². The minimum Gasteiger partial charge on any atom is -0.478 e. The Kier molecular flexibility index (Phi) is 2.99. The highest BCUT2D eigenvalue weighted by molar-refractivity contribution is 5.95. The van der Waals surface area contributed by atoms with E-state index in [1.54, 1.807) is 13.1 Å². The monoisotopic (exact) mass is 220 g/mol. The molecular formula is C12H16N2O2. The van der Waals surface area contributed by atoms with Crippen LogP contribution < -0.4 is 10.2 Å². The molecule has 2 rings (SSSR count). The second-order valence-corrected chi connectivity index (χ2v) is 3.98. The van der Waals surface area contributed by atoms with E-state index in [1.165, 1.54) is 0 Å². The standard InChI is InChI=1S/C12H16N2O2/c1-13-9-4-5-11(10(8-9)12(15)16)14-6-2-3-7-14/h4-5,8,13H,2-3,6-7H2,1H3,(H,15,16). The van der Waals surface area contributed by atoms with E-state index in [4.69, 9.17) is 0 Å². The van der Waals surface area contributed by atoms with Gasteiger partial charge in [0.25, 0.3) is 0 Å². The van der Waals surface area contributed by atoms with Crippen LogP contribution in [-0.4, -0.2) is 31.2 Å². The Hall–Kier alpha value is -1.71. The van der Waals surface area contributed by atoms with E-state index in [-0.39, 0.29) is 0 Å². The molecule has 0 saturated carbocycles. The fourth-order valence-corrected chi connectivity index (χ4v) is 2.10. The first-order chi connectivity index (χ1) is 7.72. The van der Waals surface area contributed by atoms with E-state index in [0.29, 0.717) is 5.56 Å². The van der Waals surface area contributed by atoms with Gasteiger partial charge in [-0.1, -0.05) is 0 Å². The van der Waals surface area contributed by atoms with Crippen LogP contribution in [0.2, 0.25) is 0 Å². The second kappa shape index (κ2) is 4.43. The molecule has 1 saturated heterocycles. The van der Waals surface area contributed by atoms with Crippen molar-refractivity contribution in [1.82, 2.24) is 0 Å². The van der Waals surface area contributed by atoms with Crippen molar-refractivity contribution in [3.63, 3.8) is 0 Å². The zero-order valence-corrected chi connectivity index (χ0v) is 9.36. The fourth-order valence-electron chi connectivity index (χ4n) is 2.10. The lowest BCUT2D eigenvalue weighted by Gasteiger charge is -2.20. The van der Waals surface area contributed by atoms with Crippen molar-refractivity contribution in [3.05, 3.63) is 23.8 Å². The van der Waals surface area contributed by atoms with Crippen molar-refractivity contribution in [2.24, 2.45) is 0 Å². The molecule has 16 heavy (non-hydrogen) atoms. The number of aromatic carboxylic acids is 1. The van der Waals surface area contributed by atoms with Gasteiger partial charge in [-0.05, 0) is 31.0 Å². The number of hydrogen-bond donors (Lipinski definition) is 2. The zero-order chi connectivity index (χ0) is 11.5. The maximum absolute atomic E-state index is 11.2. The lowest BCUT2D eigenvalue weighted by atomic mass is 10.1. The first-order valence-electron chi connectivity index (χ1n) is 5.52. The number of rotatable bonds is 3. The van der Waals surface area contributed by atoms with E-state index >= 15 is 0 Å². The molecule has 0 aromatic heterocycles. The van der Waals surface area contributed by atoms with Crippen molar-refractivity contribution in [2.45, 2.75) is 12.8 Å². The summed E-state index contributed by atoms with van der Waals surface area (Å²) < 4.78 is 0. The van der Waals surface area contributed by atoms with Gasteiger partial charge in [-0.3, -0.25) is 0 Å². The molecule has 1 aliphatic heterocycles. The summed E-state index contributed by atoms with van der Waals surface area (Å²) in [6, 6.07) is 5.50. The second-order valence-electron chi connectivity index (χ2n) is 3.98. The number of nitrogens with one attached hydrogen (secondary N) is 1. The topological polar surface area (TPSA) is 52.6 Å². The van der Waals surface area contributed by atoms with Crippen molar-refractivity contribution in [1.29, 1.82) is 0 Å². The van der Waals surface area contributed by atoms with Crippen LogP contribution in [0, 0.1) is 0 Å². The van der Waals surface area contributed by atoms with Gasteiger partial charge >= 0.3 is 5.97 Å². The van der Waals surface area contributed by atoms with Gasteiger partial charge in [0, 0.05) is 25.8 Å². The first kappa shape index (κ1) is 10.8. The summed E-state index contributed by atoms with van der Waals surface area (Å²) in [5.41, 5.74) is 2.05. The van der Waals surface area contributed by atoms with E-state index < -0.39 is 5.97 Å². The summed E-state index contributed by atoms with van der Waals surface area (Å²) in [6.45, 7) is 1.92. The lowest BCUT2D eigenvalue weighted by Crippen LogP contribution is -2.20. The molecular weight excluding hydrogens is 204 g/mol. The van der Waals surface area contributed by atoms with Gasteiger partial charge in [-0.15, -0.1) is 0 Å². The molecule has 86 valence electrons. The number of carbonyl (C=O) groups is 1. The van der Waals surface area contributed by atoms with Gasteiger partial charge in [0.2, 0.25) is 0 Å². The average Bonchev–Trinajstić information content (AvgIpc) is 2.81. The fraction of sp³-hybridized carbons (Fsp3) is 0.417. The Bertz CT molecular complexity index is 398. The molecule has 0 aliphatic carbocycles. The number of carboxylic acid groups (broad SMARTS) is 1. The number of benzene rings is 1. The number of nitrogens with zero attached hydrogens (tertiary/aromatic N) is 1. The molecule has 0 bridgehead atoms. The maximum atomic E-state index is 11.2. The van der Waals surface area contributed by atoms with Gasteiger partial charge in [-0.25, -0.2) is 4.79 Å². The minimum atomic E-state index is -0.862. The summed E-state index contributed by atoms with van der Waals surface area (Å²) in [7, 11) is 1.79. The summed E-state index contributed by atoms with van der Waals surface area (Å²) in [5.74, 6) is -0.862. The summed E-state index contributed by atoms with van der Waals surface area (Å²) in [4.78, 5) is 13.3. The third-order valence-corrected chi connectivity index (χ3v) is 2.96. The maximum Gasteiger partial charge on any atom is 0.337 e. The number of hydrogen-bond acceptors (Lipinski definition) is 3.